The van der Waals surface area contributed by atoms with E-state index in [2.05, 4.69) is 0 Å². The second-order valence-corrected chi connectivity index (χ2v) is 8.96. The summed E-state index contributed by atoms with van der Waals surface area (Å²) in [5.41, 5.74) is 1.91. The topological polar surface area (TPSA) is 63.7 Å². The van der Waals surface area contributed by atoms with Crippen molar-refractivity contribution in [1.82, 2.24) is 0 Å². The number of nitrogens with zero attached hydrogens (tertiary/aromatic N) is 1. The summed E-state index contributed by atoms with van der Waals surface area (Å²) in [6.45, 7) is 4.19. The number of carbonyl (C=O) groups excluding carboxylic acids is 1. The molecular weight excluding hydrogens is 374 g/mol. The molecule has 0 atom stereocenters. The number of hydrogen-bond donors (Lipinski definition) is 0. The Morgan fingerprint density at radius 1 is 1.23 bits per heavy atom. The summed E-state index contributed by atoms with van der Waals surface area (Å²) in [5, 5.41) is 0.626. The lowest BCUT2D eigenvalue weighted by Crippen LogP contribution is -2.29. The van der Waals surface area contributed by atoms with Crippen molar-refractivity contribution in [3.05, 3.63) is 52.5 Å². The number of halogens is 1. The summed E-state index contributed by atoms with van der Waals surface area (Å²) >= 11 is 6.23. The molecule has 0 fully saturated rings. The lowest BCUT2D eigenvalue weighted by molar-refractivity contribution is 0.0983. The Morgan fingerprint density at radius 2 is 1.96 bits per heavy atom. The van der Waals surface area contributed by atoms with Crippen LogP contribution in [-0.2, 0) is 16.3 Å². The highest BCUT2D eigenvalue weighted by molar-refractivity contribution is 7.90. The summed E-state index contributed by atoms with van der Waals surface area (Å²) in [5.74, 6) is 0.0695. The van der Waals surface area contributed by atoms with Crippen molar-refractivity contribution in [2.75, 3.05) is 17.7 Å². The summed E-state index contributed by atoms with van der Waals surface area (Å²) in [6.07, 6.45) is 1.63. The number of benzene rings is 2. The molecule has 2 aromatic rings. The molecule has 26 heavy (non-hydrogen) atoms. The van der Waals surface area contributed by atoms with E-state index in [1.807, 2.05) is 19.9 Å². The molecule has 0 unspecified atom stereocenters. The van der Waals surface area contributed by atoms with Crippen LogP contribution in [0.25, 0.3) is 0 Å². The molecule has 0 aliphatic carbocycles. The van der Waals surface area contributed by atoms with E-state index in [9.17, 15) is 13.2 Å². The summed E-state index contributed by atoms with van der Waals surface area (Å²) < 4.78 is 29.6. The van der Waals surface area contributed by atoms with E-state index < -0.39 is 9.84 Å². The lowest BCUT2D eigenvalue weighted by atomic mass is 10.1. The third-order valence-electron chi connectivity index (χ3n) is 4.19. The van der Waals surface area contributed by atoms with Crippen LogP contribution < -0.4 is 9.64 Å². The average molecular weight is 394 g/mol. The number of amides is 1. The molecule has 1 amide bonds. The molecule has 0 N–H and O–H groups in total. The maximum atomic E-state index is 13.2. The van der Waals surface area contributed by atoms with Crippen LogP contribution in [0.5, 0.6) is 5.75 Å². The molecule has 0 bridgehead atoms. The van der Waals surface area contributed by atoms with Crippen LogP contribution in [0.4, 0.5) is 5.69 Å². The van der Waals surface area contributed by atoms with Gasteiger partial charge in [-0.05, 0) is 56.2 Å². The molecule has 0 aromatic heterocycles. The van der Waals surface area contributed by atoms with Gasteiger partial charge in [0.1, 0.15) is 5.75 Å². The quantitative estimate of drug-likeness (QED) is 0.793. The van der Waals surface area contributed by atoms with Gasteiger partial charge in [-0.3, -0.25) is 4.79 Å². The van der Waals surface area contributed by atoms with Gasteiger partial charge in [-0.2, -0.15) is 0 Å². The van der Waals surface area contributed by atoms with Gasteiger partial charge >= 0.3 is 0 Å². The van der Waals surface area contributed by atoms with Crippen molar-refractivity contribution >= 4 is 33.0 Å². The van der Waals surface area contributed by atoms with E-state index in [1.54, 1.807) is 23.1 Å². The van der Waals surface area contributed by atoms with E-state index in [1.165, 1.54) is 12.1 Å². The first-order valence-electron chi connectivity index (χ1n) is 8.28. The molecule has 5 nitrogen and oxygen atoms in total. The molecule has 7 heteroatoms. The molecule has 1 heterocycles. The van der Waals surface area contributed by atoms with Crippen molar-refractivity contribution in [2.45, 2.75) is 31.3 Å². The highest BCUT2D eigenvalue weighted by atomic mass is 35.5. The minimum absolute atomic E-state index is 0.0856. The number of carbonyl (C=O) groups is 1. The summed E-state index contributed by atoms with van der Waals surface area (Å²) in [7, 11) is -3.44. The van der Waals surface area contributed by atoms with Crippen molar-refractivity contribution in [3.63, 3.8) is 0 Å². The van der Waals surface area contributed by atoms with Crippen molar-refractivity contribution in [2.24, 2.45) is 0 Å². The zero-order valence-corrected chi connectivity index (χ0v) is 16.4. The number of fused-ring (bicyclic) bond motifs is 1. The maximum Gasteiger partial charge on any atom is 0.262 e. The van der Waals surface area contributed by atoms with E-state index in [4.69, 9.17) is 16.3 Å². The van der Waals surface area contributed by atoms with Crippen LogP contribution in [-0.4, -0.2) is 33.2 Å². The SMILES string of the molecule is CC(C)Oc1ccc(S(C)(=O)=O)cc1C(=O)N1CCc2c(Cl)cccc21. The molecule has 138 valence electrons. The van der Waals surface area contributed by atoms with Crippen LogP contribution in [0, 0.1) is 0 Å². The third kappa shape index (κ3) is 3.57. The second kappa shape index (κ2) is 6.93. The molecule has 0 spiro atoms. The van der Waals surface area contributed by atoms with Gasteiger partial charge in [0.2, 0.25) is 0 Å². The average Bonchev–Trinajstić information content (AvgIpc) is 2.98. The second-order valence-electron chi connectivity index (χ2n) is 6.54. The smallest absolute Gasteiger partial charge is 0.262 e. The number of ether oxygens (including phenoxy) is 1. The van der Waals surface area contributed by atoms with Gasteiger partial charge in [0, 0.05) is 23.5 Å². The largest absolute Gasteiger partial charge is 0.490 e. The van der Waals surface area contributed by atoms with E-state index in [0.29, 0.717) is 23.7 Å². The van der Waals surface area contributed by atoms with Crippen LogP contribution in [0.15, 0.2) is 41.3 Å². The highest BCUT2D eigenvalue weighted by Gasteiger charge is 2.29. The Labute approximate surface area is 158 Å². The third-order valence-corrected chi connectivity index (χ3v) is 5.65. The lowest BCUT2D eigenvalue weighted by Gasteiger charge is -2.21. The highest BCUT2D eigenvalue weighted by Crippen LogP contribution is 2.35. The van der Waals surface area contributed by atoms with Crippen LogP contribution in [0.1, 0.15) is 29.8 Å². The number of anilines is 1. The first-order chi connectivity index (χ1) is 12.2. The normalized spacial score (nSPS) is 13.8. The summed E-state index contributed by atoms with van der Waals surface area (Å²) in [6, 6.07) is 9.82. The monoisotopic (exact) mass is 393 g/mol. The van der Waals surface area contributed by atoms with Crippen molar-refractivity contribution in [1.29, 1.82) is 0 Å². The zero-order valence-electron chi connectivity index (χ0n) is 14.8. The minimum atomic E-state index is -3.44. The van der Waals surface area contributed by atoms with Crippen LogP contribution in [0.3, 0.4) is 0 Å². The maximum absolute atomic E-state index is 13.2. The molecule has 2 aromatic carbocycles. The number of sulfone groups is 1. The molecule has 3 rings (SSSR count). The van der Waals surface area contributed by atoms with Gasteiger partial charge in [-0.25, -0.2) is 8.42 Å². The van der Waals surface area contributed by atoms with Gasteiger partial charge in [-0.15, -0.1) is 0 Å². The van der Waals surface area contributed by atoms with E-state index >= 15 is 0 Å². The fourth-order valence-electron chi connectivity index (χ4n) is 3.01. The van der Waals surface area contributed by atoms with Gasteiger partial charge in [-0.1, -0.05) is 17.7 Å². The van der Waals surface area contributed by atoms with E-state index in [-0.39, 0.29) is 22.5 Å². The first kappa shape index (κ1) is 18.7. The van der Waals surface area contributed by atoms with Crippen LogP contribution in [0.2, 0.25) is 5.02 Å². The standard InChI is InChI=1S/C19H20ClNO4S/c1-12(2)25-18-8-7-13(26(3,23)24)11-15(18)19(22)21-10-9-14-16(20)5-4-6-17(14)21/h4-8,11-12H,9-10H2,1-3H3. The molecule has 1 aliphatic heterocycles. The van der Waals surface area contributed by atoms with Crippen molar-refractivity contribution in [3.8, 4) is 5.75 Å². The van der Waals surface area contributed by atoms with Gasteiger partial charge in [0.25, 0.3) is 5.91 Å². The molecule has 0 saturated heterocycles. The fraction of sp³-hybridized carbons (Fsp3) is 0.316. The van der Waals surface area contributed by atoms with Crippen LogP contribution >= 0.6 is 11.6 Å². The molecular formula is C19H20ClNO4S. The van der Waals surface area contributed by atoms with Gasteiger partial charge < -0.3 is 9.64 Å². The predicted molar refractivity (Wildman–Crippen MR) is 102 cm³/mol. The Kier molecular flexibility index (Phi) is 4.99. The molecule has 1 aliphatic rings. The van der Waals surface area contributed by atoms with Gasteiger partial charge in [0.05, 0.1) is 16.6 Å². The predicted octanol–water partition coefficient (Wildman–Crippen LogP) is 3.73. The number of rotatable bonds is 4. The molecule has 0 radical (unpaired) electrons. The number of hydrogen-bond acceptors (Lipinski definition) is 4. The zero-order chi connectivity index (χ0) is 19.1. The molecule has 0 saturated carbocycles. The first-order valence-corrected chi connectivity index (χ1v) is 10.6. The Hall–Kier alpha value is -2.05. The van der Waals surface area contributed by atoms with Crippen molar-refractivity contribution < 1.29 is 17.9 Å². The Balaban J connectivity index is 2.08. The van der Waals surface area contributed by atoms with E-state index in [0.717, 1.165) is 17.5 Å². The Bertz CT molecular complexity index is 969. The Morgan fingerprint density at radius 3 is 2.62 bits per heavy atom. The van der Waals surface area contributed by atoms with Gasteiger partial charge in [0.15, 0.2) is 9.84 Å². The fourth-order valence-corrected chi connectivity index (χ4v) is 3.92. The minimum Gasteiger partial charge on any atom is -0.490 e. The summed E-state index contributed by atoms with van der Waals surface area (Å²) in [4.78, 5) is 14.9.